The molecule has 0 N–H and O–H groups in total. The van der Waals surface area contributed by atoms with Crippen molar-refractivity contribution in [3.63, 3.8) is 0 Å². The Morgan fingerprint density at radius 2 is 2.12 bits per heavy atom. The number of carbonyl (C=O) groups excluding carboxylic acids is 1. The molecule has 3 heterocycles. The Labute approximate surface area is 147 Å². The average Bonchev–Trinajstić information content (AvgIpc) is 3.11. The fourth-order valence-electron chi connectivity index (χ4n) is 5.13. The van der Waals surface area contributed by atoms with Crippen molar-refractivity contribution in [2.75, 3.05) is 27.0 Å². The number of ether oxygens (including phenoxy) is 3. The van der Waals surface area contributed by atoms with E-state index in [0.717, 1.165) is 49.4 Å². The molecule has 3 unspecified atom stereocenters. The minimum Gasteiger partial charge on any atom is -0.466 e. The minimum absolute atomic E-state index is 0.148. The molecular formula is C20H23NO4. The number of allylic oxidation sites excluding steroid dienone is 1. The Hall–Kier alpha value is -2.01. The SMILES string of the molecule is COC(=O)C1=CCCC2CN3CCc4cc5c(cc4C3CC12)OCO5. The van der Waals surface area contributed by atoms with Gasteiger partial charge < -0.3 is 14.2 Å². The van der Waals surface area contributed by atoms with E-state index in [2.05, 4.69) is 23.1 Å². The molecule has 0 radical (unpaired) electrons. The van der Waals surface area contributed by atoms with Crippen molar-refractivity contribution in [1.82, 2.24) is 4.90 Å². The van der Waals surface area contributed by atoms with Crippen LogP contribution in [0.2, 0.25) is 0 Å². The molecule has 25 heavy (non-hydrogen) atoms. The second kappa shape index (κ2) is 5.77. The normalized spacial score (nSPS) is 30.0. The number of carbonyl (C=O) groups is 1. The number of hydrogen-bond donors (Lipinski definition) is 0. The summed E-state index contributed by atoms with van der Waals surface area (Å²) in [5.41, 5.74) is 3.61. The van der Waals surface area contributed by atoms with Crippen LogP contribution < -0.4 is 9.47 Å². The maximum atomic E-state index is 12.2. The number of fused-ring (bicyclic) bond motifs is 5. The second-order valence-electron chi connectivity index (χ2n) is 7.50. The Morgan fingerprint density at radius 1 is 1.28 bits per heavy atom. The largest absolute Gasteiger partial charge is 0.466 e. The van der Waals surface area contributed by atoms with E-state index in [4.69, 9.17) is 14.2 Å². The van der Waals surface area contributed by atoms with E-state index in [1.54, 1.807) is 0 Å². The predicted molar refractivity (Wildman–Crippen MR) is 91.5 cm³/mol. The summed E-state index contributed by atoms with van der Waals surface area (Å²) in [6.07, 6.45) is 6.30. The molecule has 1 aliphatic carbocycles. The smallest absolute Gasteiger partial charge is 0.333 e. The van der Waals surface area contributed by atoms with E-state index in [0.29, 0.717) is 24.7 Å². The molecule has 1 fully saturated rings. The third-order valence-electron chi connectivity index (χ3n) is 6.34. The maximum absolute atomic E-state index is 12.2. The van der Waals surface area contributed by atoms with Crippen LogP contribution in [-0.4, -0.2) is 37.9 Å². The van der Waals surface area contributed by atoms with Crippen LogP contribution in [0.3, 0.4) is 0 Å². The summed E-state index contributed by atoms with van der Waals surface area (Å²) in [4.78, 5) is 14.8. The quantitative estimate of drug-likeness (QED) is 0.735. The lowest BCUT2D eigenvalue weighted by Crippen LogP contribution is -2.47. The molecule has 132 valence electrons. The van der Waals surface area contributed by atoms with Crippen LogP contribution >= 0.6 is 0 Å². The van der Waals surface area contributed by atoms with Gasteiger partial charge in [-0.2, -0.15) is 0 Å². The lowest BCUT2D eigenvalue weighted by molar-refractivity contribution is -0.137. The van der Waals surface area contributed by atoms with Crippen molar-refractivity contribution in [1.29, 1.82) is 0 Å². The Bertz CT molecular complexity index is 756. The molecule has 5 rings (SSSR count). The lowest BCUT2D eigenvalue weighted by Gasteiger charge is -2.48. The van der Waals surface area contributed by atoms with Gasteiger partial charge in [0.05, 0.1) is 7.11 Å². The van der Waals surface area contributed by atoms with Crippen LogP contribution in [0.5, 0.6) is 11.5 Å². The third-order valence-corrected chi connectivity index (χ3v) is 6.34. The zero-order valence-corrected chi connectivity index (χ0v) is 14.5. The third kappa shape index (κ3) is 2.36. The number of nitrogens with zero attached hydrogens (tertiary/aromatic N) is 1. The molecule has 1 saturated heterocycles. The first-order chi connectivity index (χ1) is 12.2. The highest BCUT2D eigenvalue weighted by atomic mass is 16.7. The molecule has 0 spiro atoms. The van der Waals surface area contributed by atoms with Crippen molar-refractivity contribution in [2.45, 2.75) is 31.7 Å². The van der Waals surface area contributed by atoms with E-state index in [1.807, 2.05) is 0 Å². The molecule has 4 aliphatic rings. The summed E-state index contributed by atoms with van der Waals surface area (Å²) in [7, 11) is 1.48. The Kier molecular flexibility index (Phi) is 3.52. The highest BCUT2D eigenvalue weighted by molar-refractivity contribution is 5.89. The van der Waals surface area contributed by atoms with Gasteiger partial charge in [-0.05, 0) is 60.8 Å². The average molecular weight is 341 g/mol. The Balaban J connectivity index is 1.50. The second-order valence-corrected chi connectivity index (χ2v) is 7.50. The zero-order valence-electron chi connectivity index (χ0n) is 14.5. The standard InChI is InChI=1S/C20H23NO4/c1-23-20(22)14-4-2-3-13-10-21-6-5-12-7-18-19(25-11-24-18)9-16(12)17(21)8-15(13)14/h4,7,9,13,15,17H,2-3,5-6,8,10-11H2,1H3. The molecule has 5 nitrogen and oxygen atoms in total. The van der Waals surface area contributed by atoms with Crippen molar-refractivity contribution in [3.05, 3.63) is 34.9 Å². The number of piperidine rings is 1. The summed E-state index contributed by atoms with van der Waals surface area (Å²) in [6, 6.07) is 4.67. The summed E-state index contributed by atoms with van der Waals surface area (Å²) in [6.45, 7) is 2.46. The van der Waals surface area contributed by atoms with E-state index in [1.165, 1.54) is 24.7 Å². The van der Waals surface area contributed by atoms with Crippen molar-refractivity contribution in [3.8, 4) is 11.5 Å². The minimum atomic E-state index is -0.148. The fraction of sp³-hybridized carbons (Fsp3) is 0.550. The number of esters is 1. The molecule has 5 heteroatoms. The highest BCUT2D eigenvalue weighted by Crippen LogP contribution is 2.49. The summed E-state index contributed by atoms with van der Waals surface area (Å²) in [5, 5.41) is 0. The van der Waals surface area contributed by atoms with Crippen LogP contribution in [-0.2, 0) is 16.0 Å². The molecule has 1 aromatic carbocycles. The molecule has 3 atom stereocenters. The van der Waals surface area contributed by atoms with Crippen molar-refractivity contribution in [2.24, 2.45) is 11.8 Å². The molecular weight excluding hydrogens is 318 g/mol. The van der Waals surface area contributed by atoms with Crippen molar-refractivity contribution < 1.29 is 19.0 Å². The summed E-state index contributed by atoms with van der Waals surface area (Å²) >= 11 is 0. The first-order valence-electron chi connectivity index (χ1n) is 9.19. The number of hydrogen-bond acceptors (Lipinski definition) is 5. The van der Waals surface area contributed by atoms with Gasteiger partial charge in [0, 0.05) is 24.7 Å². The monoisotopic (exact) mass is 341 g/mol. The number of benzene rings is 1. The molecule has 0 bridgehead atoms. The van der Waals surface area contributed by atoms with Gasteiger partial charge in [-0.25, -0.2) is 4.79 Å². The Morgan fingerprint density at radius 3 is 2.96 bits per heavy atom. The molecule has 3 aliphatic heterocycles. The van der Waals surface area contributed by atoms with Gasteiger partial charge in [-0.1, -0.05) is 6.08 Å². The van der Waals surface area contributed by atoms with Crippen LogP contribution in [0.1, 0.15) is 36.4 Å². The molecule has 0 saturated carbocycles. The van der Waals surface area contributed by atoms with Crippen LogP contribution in [0, 0.1) is 11.8 Å². The van der Waals surface area contributed by atoms with Gasteiger partial charge in [-0.3, -0.25) is 4.90 Å². The zero-order chi connectivity index (χ0) is 17.0. The molecule has 0 amide bonds. The molecule has 1 aromatic rings. The van der Waals surface area contributed by atoms with Gasteiger partial charge in [0.25, 0.3) is 0 Å². The van der Waals surface area contributed by atoms with E-state index in [9.17, 15) is 4.79 Å². The van der Waals surface area contributed by atoms with Crippen LogP contribution in [0.25, 0.3) is 0 Å². The summed E-state index contributed by atoms with van der Waals surface area (Å²) < 4.78 is 16.2. The molecule has 0 aromatic heterocycles. The van der Waals surface area contributed by atoms with Gasteiger partial charge in [0.2, 0.25) is 6.79 Å². The fourth-order valence-corrected chi connectivity index (χ4v) is 5.13. The lowest BCUT2D eigenvalue weighted by atomic mass is 9.69. The van der Waals surface area contributed by atoms with E-state index < -0.39 is 0 Å². The van der Waals surface area contributed by atoms with Crippen molar-refractivity contribution >= 4 is 5.97 Å². The summed E-state index contributed by atoms with van der Waals surface area (Å²) in [5.74, 6) is 2.44. The number of rotatable bonds is 1. The number of methoxy groups -OCH3 is 1. The van der Waals surface area contributed by atoms with Gasteiger partial charge in [0.15, 0.2) is 11.5 Å². The first kappa shape index (κ1) is 15.3. The van der Waals surface area contributed by atoms with Crippen LogP contribution in [0.15, 0.2) is 23.8 Å². The van der Waals surface area contributed by atoms with Gasteiger partial charge >= 0.3 is 5.97 Å². The topological polar surface area (TPSA) is 48.0 Å². The predicted octanol–water partition coefficient (Wildman–Crippen LogP) is 2.84. The first-order valence-corrected chi connectivity index (χ1v) is 9.19. The highest BCUT2D eigenvalue weighted by Gasteiger charge is 2.43. The maximum Gasteiger partial charge on any atom is 0.333 e. The van der Waals surface area contributed by atoms with Gasteiger partial charge in [0.1, 0.15) is 0 Å². The van der Waals surface area contributed by atoms with E-state index >= 15 is 0 Å². The van der Waals surface area contributed by atoms with E-state index in [-0.39, 0.29) is 5.97 Å². The van der Waals surface area contributed by atoms with Crippen LogP contribution in [0.4, 0.5) is 0 Å². The van der Waals surface area contributed by atoms with Gasteiger partial charge in [-0.15, -0.1) is 0 Å².